The van der Waals surface area contributed by atoms with Crippen molar-refractivity contribution in [3.63, 3.8) is 0 Å². The molecule has 0 bridgehead atoms. The van der Waals surface area contributed by atoms with E-state index in [2.05, 4.69) is 6.92 Å². The second-order valence-electron chi connectivity index (χ2n) is 1.81. The maximum Gasteiger partial charge on any atom is 0.0607 e. The van der Waals surface area contributed by atoms with Crippen molar-refractivity contribution < 1.29 is 25.8 Å². The van der Waals surface area contributed by atoms with Crippen molar-refractivity contribution in [2.24, 2.45) is 0 Å². The number of para-hydroxylation sites is 1. The quantitative estimate of drug-likeness (QED) is 0.720. The minimum absolute atomic E-state index is 0. The zero-order valence-corrected chi connectivity index (χ0v) is 8.77. The van der Waals surface area contributed by atoms with Gasteiger partial charge in [0, 0.05) is 26.8 Å². The van der Waals surface area contributed by atoms with Gasteiger partial charge in [-0.05, 0) is 0 Å². The van der Waals surface area contributed by atoms with Crippen molar-refractivity contribution in [1.29, 1.82) is 0 Å². The molecule has 0 fully saturated rings. The van der Waals surface area contributed by atoms with E-state index in [9.17, 15) is 0 Å². The SMILES string of the molecule is [CH2-]c1ccccc1OC.[W]. The summed E-state index contributed by atoms with van der Waals surface area (Å²) in [5.41, 5.74) is 0.931. The molecule has 1 rings (SSSR count). The average Bonchev–Trinajstić information content (AvgIpc) is 1.89. The molecule has 0 aliphatic heterocycles. The van der Waals surface area contributed by atoms with Gasteiger partial charge in [-0.2, -0.15) is 18.6 Å². The van der Waals surface area contributed by atoms with E-state index in [4.69, 9.17) is 4.74 Å². The van der Waals surface area contributed by atoms with Crippen LogP contribution in [0.15, 0.2) is 24.3 Å². The molecule has 2 heteroatoms. The number of rotatable bonds is 1. The number of methoxy groups -OCH3 is 1. The normalized spacial score (nSPS) is 8.10. The van der Waals surface area contributed by atoms with Crippen molar-refractivity contribution in [3.05, 3.63) is 36.8 Å². The molecule has 0 aliphatic rings. The Balaban J connectivity index is 0.000000810. The van der Waals surface area contributed by atoms with Crippen LogP contribution in [0.3, 0.4) is 0 Å². The molecule has 0 unspecified atom stereocenters. The molecule has 54 valence electrons. The summed E-state index contributed by atoms with van der Waals surface area (Å²) >= 11 is 0. The van der Waals surface area contributed by atoms with Gasteiger partial charge in [0.15, 0.2) is 0 Å². The minimum Gasteiger partial charge on any atom is -0.554 e. The second kappa shape index (κ2) is 4.40. The maximum atomic E-state index is 4.98. The van der Waals surface area contributed by atoms with Crippen molar-refractivity contribution in [2.45, 2.75) is 0 Å². The summed E-state index contributed by atoms with van der Waals surface area (Å²) in [4.78, 5) is 0. The molecule has 0 N–H and O–H groups in total. The predicted octanol–water partition coefficient (Wildman–Crippen LogP) is 1.87. The Morgan fingerprint density at radius 2 is 1.90 bits per heavy atom. The number of benzene rings is 1. The van der Waals surface area contributed by atoms with E-state index in [1.165, 1.54) is 0 Å². The molecule has 1 aromatic rings. The zero-order chi connectivity index (χ0) is 6.69. The molecule has 0 saturated heterocycles. The molecular formula is C8H9OW-. The van der Waals surface area contributed by atoms with Crippen LogP contribution in [0.25, 0.3) is 0 Å². The van der Waals surface area contributed by atoms with Crippen molar-refractivity contribution in [2.75, 3.05) is 7.11 Å². The largest absolute Gasteiger partial charge is 0.554 e. The van der Waals surface area contributed by atoms with E-state index in [1.807, 2.05) is 24.3 Å². The molecule has 0 spiro atoms. The first kappa shape index (κ1) is 9.58. The van der Waals surface area contributed by atoms with E-state index >= 15 is 0 Å². The fraction of sp³-hybridized carbons (Fsp3) is 0.125. The minimum atomic E-state index is 0. The fourth-order valence-electron chi connectivity index (χ4n) is 0.703. The summed E-state index contributed by atoms with van der Waals surface area (Å²) in [5.74, 6) is 0.845. The topological polar surface area (TPSA) is 9.23 Å². The standard InChI is InChI=1S/C8H9O.W/c1-7-5-3-4-6-8(7)9-2;/h3-6H,1H2,2H3;/q-1;. The van der Waals surface area contributed by atoms with Gasteiger partial charge in [-0.15, -0.1) is 6.07 Å². The van der Waals surface area contributed by atoms with Gasteiger partial charge in [0.2, 0.25) is 0 Å². The first-order valence-corrected chi connectivity index (χ1v) is 2.79. The van der Waals surface area contributed by atoms with Gasteiger partial charge in [0.1, 0.15) is 0 Å². The van der Waals surface area contributed by atoms with Crippen LogP contribution in [-0.2, 0) is 21.1 Å². The van der Waals surface area contributed by atoms with E-state index in [0.29, 0.717) is 0 Å². The third-order valence-electron chi connectivity index (χ3n) is 1.19. The van der Waals surface area contributed by atoms with E-state index in [-0.39, 0.29) is 21.1 Å². The maximum absolute atomic E-state index is 4.98. The molecule has 1 nitrogen and oxygen atoms in total. The van der Waals surface area contributed by atoms with Gasteiger partial charge in [-0.1, -0.05) is 12.1 Å². The average molecular weight is 305 g/mol. The smallest absolute Gasteiger partial charge is 0.0607 e. The molecule has 0 saturated carbocycles. The summed E-state index contributed by atoms with van der Waals surface area (Å²) < 4.78 is 4.98. The summed E-state index contributed by atoms with van der Waals surface area (Å²) in [6, 6.07) is 7.67. The van der Waals surface area contributed by atoms with Crippen LogP contribution in [0.5, 0.6) is 5.75 Å². The number of ether oxygens (including phenoxy) is 1. The van der Waals surface area contributed by atoms with Crippen LogP contribution in [-0.4, -0.2) is 7.11 Å². The van der Waals surface area contributed by atoms with Gasteiger partial charge in [0.05, 0.1) is 7.11 Å². The molecule has 0 aliphatic carbocycles. The molecule has 0 heterocycles. The van der Waals surface area contributed by atoms with Gasteiger partial charge < -0.3 is 4.74 Å². The molecule has 0 amide bonds. The number of hydrogen-bond donors (Lipinski definition) is 0. The van der Waals surface area contributed by atoms with Gasteiger partial charge in [-0.25, -0.2) is 0 Å². The third kappa shape index (κ3) is 2.07. The molecule has 10 heavy (non-hydrogen) atoms. The van der Waals surface area contributed by atoms with Gasteiger partial charge in [-0.3, -0.25) is 0 Å². The van der Waals surface area contributed by atoms with Crippen LogP contribution >= 0.6 is 0 Å². The summed E-state index contributed by atoms with van der Waals surface area (Å²) in [6.45, 7) is 3.77. The predicted molar refractivity (Wildman–Crippen MR) is 37.5 cm³/mol. The fourth-order valence-corrected chi connectivity index (χ4v) is 0.703. The molecule has 0 radical (unpaired) electrons. The Labute approximate surface area is 75.7 Å². The monoisotopic (exact) mass is 305 g/mol. The van der Waals surface area contributed by atoms with Crippen LogP contribution in [0.2, 0.25) is 0 Å². The summed E-state index contributed by atoms with van der Waals surface area (Å²) in [7, 11) is 1.64. The van der Waals surface area contributed by atoms with Crippen molar-refractivity contribution in [1.82, 2.24) is 0 Å². The van der Waals surface area contributed by atoms with E-state index in [1.54, 1.807) is 7.11 Å². The first-order chi connectivity index (χ1) is 4.34. The Bertz CT molecular complexity index is 198. The molecule has 0 atom stereocenters. The first-order valence-electron chi connectivity index (χ1n) is 2.79. The Kier molecular flexibility index (Phi) is 4.22. The van der Waals surface area contributed by atoms with Gasteiger partial charge >= 0.3 is 0 Å². The van der Waals surface area contributed by atoms with Crippen LogP contribution in [0.1, 0.15) is 5.56 Å². The van der Waals surface area contributed by atoms with E-state index < -0.39 is 0 Å². The Morgan fingerprint density at radius 3 is 2.30 bits per heavy atom. The molecular weight excluding hydrogens is 296 g/mol. The molecule has 1 aromatic carbocycles. The summed E-state index contributed by atoms with van der Waals surface area (Å²) in [5, 5.41) is 0. The third-order valence-corrected chi connectivity index (χ3v) is 1.19. The van der Waals surface area contributed by atoms with Gasteiger partial charge in [0.25, 0.3) is 0 Å². The van der Waals surface area contributed by atoms with Crippen molar-refractivity contribution >= 4 is 0 Å². The molecule has 0 aromatic heterocycles. The second-order valence-corrected chi connectivity index (χ2v) is 1.81. The van der Waals surface area contributed by atoms with Crippen LogP contribution < -0.4 is 4.74 Å². The van der Waals surface area contributed by atoms with E-state index in [0.717, 1.165) is 11.3 Å². The Hall–Kier alpha value is -0.422. The Morgan fingerprint density at radius 1 is 1.30 bits per heavy atom. The number of hydrogen-bond acceptors (Lipinski definition) is 1. The van der Waals surface area contributed by atoms with Crippen LogP contribution in [0.4, 0.5) is 0 Å². The zero-order valence-electron chi connectivity index (χ0n) is 5.83. The van der Waals surface area contributed by atoms with Crippen molar-refractivity contribution in [3.8, 4) is 5.75 Å². The summed E-state index contributed by atoms with van der Waals surface area (Å²) in [6.07, 6.45) is 0. The van der Waals surface area contributed by atoms with Crippen LogP contribution in [0, 0.1) is 6.92 Å².